The first kappa shape index (κ1) is 23.0. The SMILES string of the molecule is CC(Cc1ccc2c(c1)OCO2)C(B1OC(C)(C)C(C)(C)O1)B1OC(C)(C)C(C)(C)O1. The normalized spacial score (nSPS) is 26.0. The second-order valence-corrected chi connectivity index (χ2v) is 11.2. The van der Waals surface area contributed by atoms with Gasteiger partial charge in [0.25, 0.3) is 0 Å². The summed E-state index contributed by atoms with van der Waals surface area (Å²) in [6, 6.07) is 6.13. The van der Waals surface area contributed by atoms with Crippen molar-refractivity contribution in [1.82, 2.24) is 0 Å². The van der Waals surface area contributed by atoms with Crippen molar-refractivity contribution in [1.29, 1.82) is 0 Å². The molecule has 170 valence electrons. The molecule has 3 aliphatic rings. The Morgan fingerprint density at radius 1 is 0.742 bits per heavy atom. The second kappa shape index (κ2) is 7.41. The maximum absolute atomic E-state index is 6.48. The van der Waals surface area contributed by atoms with Gasteiger partial charge in [0.15, 0.2) is 11.5 Å². The van der Waals surface area contributed by atoms with Crippen molar-refractivity contribution in [2.75, 3.05) is 6.79 Å². The fourth-order valence-electron chi connectivity index (χ4n) is 4.33. The molecule has 0 spiro atoms. The van der Waals surface area contributed by atoms with Crippen LogP contribution in [0.25, 0.3) is 0 Å². The van der Waals surface area contributed by atoms with E-state index in [1.165, 1.54) is 5.56 Å². The summed E-state index contributed by atoms with van der Waals surface area (Å²) < 4.78 is 37.0. The zero-order chi connectivity index (χ0) is 22.8. The third-order valence-corrected chi connectivity index (χ3v) is 7.82. The lowest BCUT2D eigenvalue weighted by molar-refractivity contribution is 0.00578. The summed E-state index contributed by atoms with van der Waals surface area (Å²) in [5.41, 5.74) is -0.603. The average molecular weight is 430 g/mol. The van der Waals surface area contributed by atoms with Crippen molar-refractivity contribution in [3.05, 3.63) is 23.8 Å². The van der Waals surface area contributed by atoms with E-state index in [4.69, 9.17) is 28.1 Å². The Bertz CT molecular complexity index is 769. The molecule has 0 bridgehead atoms. The Labute approximate surface area is 187 Å². The van der Waals surface area contributed by atoms with Gasteiger partial charge in [-0.15, -0.1) is 0 Å². The van der Waals surface area contributed by atoms with Gasteiger partial charge in [0, 0.05) is 5.72 Å². The molecule has 1 aromatic carbocycles. The van der Waals surface area contributed by atoms with Gasteiger partial charge in [-0.3, -0.25) is 0 Å². The fourth-order valence-corrected chi connectivity index (χ4v) is 4.33. The van der Waals surface area contributed by atoms with Gasteiger partial charge in [0.2, 0.25) is 6.79 Å². The van der Waals surface area contributed by atoms with Crippen LogP contribution in [0.15, 0.2) is 18.2 Å². The molecule has 2 fully saturated rings. The van der Waals surface area contributed by atoms with E-state index in [-0.39, 0.29) is 18.4 Å². The van der Waals surface area contributed by atoms with Crippen molar-refractivity contribution in [2.45, 2.75) is 96.9 Å². The molecule has 3 aliphatic heterocycles. The first-order valence-electron chi connectivity index (χ1n) is 11.3. The van der Waals surface area contributed by atoms with Crippen LogP contribution >= 0.6 is 0 Å². The molecule has 0 aromatic heterocycles. The van der Waals surface area contributed by atoms with E-state index < -0.39 is 36.6 Å². The molecule has 0 saturated carbocycles. The van der Waals surface area contributed by atoms with Crippen LogP contribution < -0.4 is 9.47 Å². The van der Waals surface area contributed by atoms with Gasteiger partial charge in [-0.25, -0.2) is 0 Å². The Balaban J connectivity index is 1.61. The molecule has 3 heterocycles. The monoisotopic (exact) mass is 430 g/mol. The van der Waals surface area contributed by atoms with E-state index in [1.54, 1.807) is 0 Å². The second-order valence-electron chi connectivity index (χ2n) is 11.2. The molecule has 6 nitrogen and oxygen atoms in total. The van der Waals surface area contributed by atoms with Gasteiger partial charge in [0.05, 0.1) is 22.4 Å². The molecule has 0 N–H and O–H groups in total. The molecule has 8 heteroatoms. The maximum Gasteiger partial charge on any atom is 0.459 e. The van der Waals surface area contributed by atoms with Gasteiger partial charge in [-0.1, -0.05) is 13.0 Å². The molecular weight excluding hydrogens is 394 g/mol. The van der Waals surface area contributed by atoms with Crippen molar-refractivity contribution in [3.63, 3.8) is 0 Å². The summed E-state index contributed by atoms with van der Waals surface area (Å²) in [5.74, 6) is 1.77. The predicted octanol–water partition coefficient (Wildman–Crippen LogP) is 4.69. The third-order valence-electron chi connectivity index (χ3n) is 7.82. The van der Waals surface area contributed by atoms with Crippen LogP contribution in [-0.4, -0.2) is 43.4 Å². The number of hydrogen-bond donors (Lipinski definition) is 0. The number of fused-ring (bicyclic) bond motifs is 1. The zero-order valence-corrected chi connectivity index (χ0v) is 20.4. The Hall–Kier alpha value is -1.21. The van der Waals surface area contributed by atoms with Crippen LogP contribution in [0, 0.1) is 5.92 Å². The van der Waals surface area contributed by atoms with E-state index in [0.29, 0.717) is 0 Å². The first-order chi connectivity index (χ1) is 14.2. The number of benzene rings is 1. The van der Waals surface area contributed by atoms with E-state index in [9.17, 15) is 0 Å². The molecule has 1 unspecified atom stereocenters. The van der Waals surface area contributed by atoms with Crippen LogP contribution in [0.3, 0.4) is 0 Å². The highest BCUT2D eigenvalue weighted by molar-refractivity contribution is 6.68. The summed E-state index contributed by atoms with van der Waals surface area (Å²) in [6.45, 7) is 19.1. The quantitative estimate of drug-likeness (QED) is 0.633. The summed E-state index contributed by atoms with van der Waals surface area (Å²) in [5, 5.41) is 0. The third kappa shape index (κ3) is 4.01. The van der Waals surface area contributed by atoms with E-state index in [0.717, 1.165) is 17.9 Å². The molecule has 0 aliphatic carbocycles. The van der Waals surface area contributed by atoms with Crippen LogP contribution in [0.2, 0.25) is 5.72 Å². The zero-order valence-electron chi connectivity index (χ0n) is 20.4. The standard InChI is InChI=1S/C23H36B2O6/c1-15(12-16-10-11-17-18(13-16)27-14-26-17)19(24-28-20(2,3)21(4,5)29-24)25-30-22(6,7)23(8,9)31-25/h10-11,13,15,19H,12,14H2,1-9H3. The highest BCUT2D eigenvalue weighted by Gasteiger charge is 2.62. The minimum atomic E-state index is -0.427. The minimum absolute atomic E-state index is 0.104. The molecule has 0 amide bonds. The van der Waals surface area contributed by atoms with Gasteiger partial charge in [0.1, 0.15) is 0 Å². The van der Waals surface area contributed by atoms with Crippen molar-refractivity contribution >= 4 is 14.2 Å². The molecule has 31 heavy (non-hydrogen) atoms. The highest BCUT2D eigenvalue weighted by Crippen LogP contribution is 2.48. The van der Waals surface area contributed by atoms with E-state index >= 15 is 0 Å². The van der Waals surface area contributed by atoms with Crippen molar-refractivity contribution < 1.29 is 28.1 Å². The molecular formula is C23H36B2O6. The van der Waals surface area contributed by atoms with Crippen LogP contribution in [-0.2, 0) is 25.0 Å². The summed E-state index contributed by atoms with van der Waals surface area (Å²) >= 11 is 0. The van der Waals surface area contributed by atoms with Gasteiger partial charge in [-0.05, 0) is 85.4 Å². The largest absolute Gasteiger partial charge is 0.459 e. The van der Waals surface area contributed by atoms with Crippen LogP contribution in [0.5, 0.6) is 11.5 Å². The Morgan fingerprint density at radius 3 is 1.68 bits per heavy atom. The Kier molecular flexibility index (Phi) is 5.49. The smallest absolute Gasteiger partial charge is 0.454 e. The van der Waals surface area contributed by atoms with Gasteiger partial charge < -0.3 is 28.1 Å². The lowest BCUT2D eigenvalue weighted by atomic mass is 9.46. The lowest BCUT2D eigenvalue weighted by Crippen LogP contribution is -2.42. The first-order valence-corrected chi connectivity index (χ1v) is 11.3. The summed E-state index contributed by atoms with van der Waals surface area (Å²) in [6.07, 6.45) is 0.815. The van der Waals surface area contributed by atoms with Crippen LogP contribution in [0.4, 0.5) is 0 Å². The fraction of sp³-hybridized carbons (Fsp3) is 0.739. The van der Waals surface area contributed by atoms with Crippen molar-refractivity contribution in [3.8, 4) is 11.5 Å². The summed E-state index contributed by atoms with van der Waals surface area (Å²) in [7, 11) is -0.854. The predicted molar refractivity (Wildman–Crippen MR) is 121 cm³/mol. The number of hydrogen-bond acceptors (Lipinski definition) is 6. The summed E-state index contributed by atoms with van der Waals surface area (Å²) in [4.78, 5) is 0. The highest BCUT2D eigenvalue weighted by atomic mass is 16.7. The van der Waals surface area contributed by atoms with Gasteiger partial charge >= 0.3 is 14.2 Å². The van der Waals surface area contributed by atoms with Crippen molar-refractivity contribution in [2.24, 2.45) is 5.92 Å². The molecule has 2 saturated heterocycles. The van der Waals surface area contributed by atoms with E-state index in [2.05, 4.69) is 74.4 Å². The molecule has 1 aromatic rings. The number of rotatable bonds is 5. The van der Waals surface area contributed by atoms with E-state index in [1.807, 2.05) is 6.07 Å². The lowest BCUT2D eigenvalue weighted by Gasteiger charge is -2.32. The van der Waals surface area contributed by atoms with Gasteiger partial charge in [-0.2, -0.15) is 0 Å². The molecule has 0 radical (unpaired) electrons. The number of ether oxygens (including phenoxy) is 2. The molecule has 1 atom stereocenters. The maximum atomic E-state index is 6.48. The topological polar surface area (TPSA) is 55.4 Å². The Morgan fingerprint density at radius 2 is 1.19 bits per heavy atom. The van der Waals surface area contributed by atoms with Crippen LogP contribution in [0.1, 0.15) is 67.9 Å². The average Bonchev–Trinajstić information content (AvgIpc) is 3.21. The minimum Gasteiger partial charge on any atom is -0.454 e. The molecule has 4 rings (SSSR count).